The van der Waals surface area contributed by atoms with Crippen molar-refractivity contribution in [3.05, 3.63) is 59.4 Å². The third-order valence-electron chi connectivity index (χ3n) is 3.98. The highest BCUT2D eigenvalue weighted by molar-refractivity contribution is 14.0. The van der Waals surface area contributed by atoms with Gasteiger partial charge in [0.05, 0.1) is 18.3 Å². The first-order chi connectivity index (χ1) is 13.0. The van der Waals surface area contributed by atoms with Crippen molar-refractivity contribution >= 4 is 41.5 Å². The van der Waals surface area contributed by atoms with E-state index in [2.05, 4.69) is 15.6 Å². The molecule has 0 aliphatic carbocycles. The van der Waals surface area contributed by atoms with E-state index in [1.54, 1.807) is 0 Å². The lowest BCUT2D eigenvalue weighted by atomic mass is 10.0. The zero-order chi connectivity index (χ0) is 19.4. The van der Waals surface area contributed by atoms with Crippen LogP contribution in [0.5, 0.6) is 5.75 Å². The van der Waals surface area contributed by atoms with Crippen LogP contribution in [0.2, 0.25) is 0 Å². The molecule has 1 unspecified atom stereocenters. The molecule has 1 aliphatic heterocycles. The number of hydrogen-bond donors (Lipinski definition) is 3. The zero-order valence-electron chi connectivity index (χ0n) is 14.5. The van der Waals surface area contributed by atoms with Crippen molar-refractivity contribution < 1.29 is 22.7 Å². The number of nitrogens with one attached hydrogen (secondary N) is 2. The molecule has 0 saturated carbocycles. The van der Waals surface area contributed by atoms with Gasteiger partial charge in [0.15, 0.2) is 23.4 Å². The molecule has 0 aromatic heterocycles. The second kappa shape index (κ2) is 9.62. The molecule has 1 atom stereocenters. The molecule has 1 amide bonds. The van der Waals surface area contributed by atoms with Crippen LogP contribution in [-0.2, 0) is 4.79 Å². The Bertz CT molecular complexity index is 895. The van der Waals surface area contributed by atoms with Crippen molar-refractivity contribution in [3.8, 4) is 5.75 Å². The molecule has 0 bridgehead atoms. The number of carbonyl (C=O) groups excluding carboxylic acids is 1. The highest BCUT2D eigenvalue weighted by atomic mass is 127. The van der Waals surface area contributed by atoms with E-state index >= 15 is 0 Å². The smallest absolute Gasteiger partial charge is 0.246 e. The lowest BCUT2D eigenvalue weighted by molar-refractivity contribution is -0.114. The van der Waals surface area contributed by atoms with Crippen molar-refractivity contribution in [2.75, 3.05) is 18.5 Å². The summed E-state index contributed by atoms with van der Waals surface area (Å²) in [6, 6.07) is 9.01. The minimum absolute atomic E-state index is 0. The van der Waals surface area contributed by atoms with Gasteiger partial charge in [0.2, 0.25) is 5.91 Å². The summed E-state index contributed by atoms with van der Waals surface area (Å²) < 4.78 is 45.2. The second-order valence-electron chi connectivity index (χ2n) is 5.84. The summed E-state index contributed by atoms with van der Waals surface area (Å²) >= 11 is 0. The van der Waals surface area contributed by atoms with Gasteiger partial charge in [-0.2, -0.15) is 0 Å². The van der Waals surface area contributed by atoms with Gasteiger partial charge in [-0.1, -0.05) is 18.2 Å². The maximum Gasteiger partial charge on any atom is 0.246 e. The first kappa shape index (κ1) is 21.8. The molecule has 0 spiro atoms. The number of anilines is 1. The summed E-state index contributed by atoms with van der Waals surface area (Å²) in [5.74, 6) is -4.42. The molecule has 10 heteroatoms. The van der Waals surface area contributed by atoms with Crippen LogP contribution in [0.1, 0.15) is 18.0 Å². The number of carbonyl (C=O) groups is 1. The normalized spacial score (nSPS) is 15.7. The summed E-state index contributed by atoms with van der Waals surface area (Å²) in [5, 5.41) is 5.13. The van der Waals surface area contributed by atoms with E-state index in [1.807, 2.05) is 24.3 Å². The van der Waals surface area contributed by atoms with Crippen LogP contribution >= 0.6 is 24.0 Å². The van der Waals surface area contributed by atoms with Gasteiger partial charge in [0, 0.05) is 12.0 Å². The largest absolute Gasteiger partial charge is 0.493 e. The Morgan fingerprint density at radius 3 is 2.71 bits per heavy atom. The van der Waals surface area contributed by atoms with E-state index in [4.69, 9.17) is 10.5 Å². The molecule has 1 aliphatic rings. The third kappa shape index (κ3) is 5.06. The Balaban J connectivity index is 0.00000280. The number of fused-ring (bicyclic) bond motifs is 1. The molecule has 3 rings (SSSR count). The van der Waals surface area contributed by atoms with Crippen molar-refractivity contribution in [2.24, 2.45) is 10.7 Å². The number of halogens is 4. The molecule has 0 saturated heterocycles. The summed E-state index contributed by atoms with van der Waals surface area (Å²) in [6.45, 7) is 0.0972. The molecular formula is C18H18F3IN4O2. The molecule has 6 nitrogen and oxygen atoms in total. The molecule has 1 heterocycles. The summed E-state index contributed by atoms with van der Waals surface area (Å²) in [7, 11) is 0. The van der Waals surface area contributed by atoms with E-state index < -0.39 is 35.6 Å². The van der Waals surface area contributed by atoms with Crippen molar-refractivity contribution in [1.82, 2.24) is 5.32 Å². The van der Waals surface area contributed by atoms with Gasteiger partial charge in [-0.25, -0.2) is 18.2 Å². The fourth-order valence-electron chi connectivity index (χ4n) is 2.69. The summed E-state index contributed by atoms with van der Waals surface area (Å²) in [5.41, 5.74) is 6.26. The predicted molar refractivity (Wildman–Crippen MR) is 109 cm³/mol. The Kier molecular flexibility index (Phi) is 7.49. The van der Waals surface area contributed by atoms with Gasteiger partial charge >= 0.3 is 0 Å². The quantitative estimate of drug-likeness (QED) is 0.258. The zero-order valence-corrected chi connectivity index (χ0v) is 16.9. The third-order valence-corrected chi connectivity index (χ3v) is 3.98. The van der Waals surface area contributed by atoms with Gasteiger partial charge in [-0.05, 0) is 18.2 Å². The molecule has 2 aromatic rings. The van der Waals surface area contributed by atoms with Crippen molar-refractivity contribution in [1.29, 1.82) is 0 Å². The highest BCUT2D eigenvalue weighted by Gasteiger charge is 2.21. The Morgan fingerprint density at radius 1 is 1.18 bits per heavy atom. The average molecular weight is 506 g/mol. The van der Waals surface area contributed by atoms with E-state index in [0.29, 0.717) is 13.0 Å². The summed E-state index contributed by atoms with van der Waals surface area (Å²) in [4.78, 5) is 15.7. The number of amides is 1. The predicted octanol–water partition coefficient (Wildman–Crippen LogP) is 3.09. The van der Waals surface area contributed by atoms with E-state index in [1.165, 1.54) is 0 Å². The number of nitrogens with two attached hydrogens (primary N) is 1. The first-order valence-corrected chi connectivity index (χ1v) is 8.17. The van der Waals surface area contributed by atoms with E-state index in [-0.39, 0.29) is 36.0 Å². The van der Waals surface area contributed by atoms with Crippen LogP contribution in [-0.4, -0.2) is 25.0 Å². The Labute approximate surface area is 176 Å². The highest BCUT2D eigenvalue weighted by Crippen LogP contribution is 2.31. The van der Waals surface area contributed by atoms with Gasteiger partial charge in [-0.15, -0.1) is 24.0 Å². The molecule has 2 aromatic carbocycles. The van der Waals surface area contributed by atoms with Gasteiger partial charge in [0.25, 0.3) is 0 Å². The standard InChI is InChI=1S/C18H17F3N4O2.HI/c19-11-5-6-13(17(21)16(11)20)24-15(26)9-23-18(22)25-12-7-8-27-14-4-2-1-3-10(12)14;/h1-6,12H,7-9H2,(H,24,26)(H3,22,23,25);1H. The number of benzene rings is 2. The number of rotatable bonds is 4. The topological polar surface area (TPSA) is 88.7 Å². The second-order valence-corrected chi connectivity index (χ2v) is 5.84. The van der Waals surface area contributed by atoms with Gasteiger partial charge < -0.3 is 21.1 Å². The van der Waals surface area contributed by atoms with Crippen LogP contribution in [0.25, 0.3) is 0 Å². The van der Waals surface area contributed by atoms with Crippen molar-refractivity contribution in [3.63, 3.8) is 0 Å². The number of guanidine groups is 1. The van der Waals surface area contributed by atoms with Crippen LogP contribution in [0.15, 0.2) is 41.4 Å². The number of aliphatic imine (C=N–C) groups is 1. The fourth-order valence-corrected chi connectivity index (χ4v) is 2.69. The molecule has 0 fully saturated rings. The van der Waals surface area contributed by atoms with Crippen LogP contribution in [0.3, 0.4) is 0 Å². The number of para-hydroxylation sites is 1. The minimum atomic E-state index is -1.66. The van der Waals surface area contributed by atoms with Gasteiger partial charge in [-0.3, -0.25) is 4.79 Å². The molecular weight excluding hydrogens is 488 g/mol. The van der Waals surface area contributed by atoms with Crippen LogP contribution in [0.4, 0.5) is 18.9 Å². The summed E-state index contributed by atoms with van der Waals surface area (Å²) in [6.07, 6.45) is 0.666. The average Bonchev–Trinajstić information content (AvgIpc) is 2.67. The number of ether oxygens (including phenoxy) is 1. The molecule has 28 heavy (non-hydrogen) atoms. The number of nitrogens with zero attached hydrogens (tertiary/aromatic N) is 1. The monoisotopic (exact) mass is 506 g/mol. The maximum atomic E-state index is 13.6. The first-order valence-electron chi connectivity index (χ1n) is 8.17. The Morgan fingerprint density at radius 2 is 1.93 bits per heavy atom. The SMILES string of the molecule is I.NC(=NCC(=O)Nc1ccc(F)c(F)c1F)NC1CCOc2ccccc21. The van der Waals surface area contributed by atoms with E-state index in [0.717, 1.165) is 23.4 Å². The number of hydrogen-bond acceptors (Lipinski definition) is 3. The minimum Gasteiger partial charge on any atom is -0.493 e. The Hall–Kier alpha value is -2.50. The molecule has 0 radical (unpaired) electrons. The van der Waals surface area contributed by atoms with Crippen LogP contribution < -0.4 is 21.1 Å². The fraction of sp³-hybridized carbons (Fsp3) is 0.222. The molecule has 4 N–H and O–H groups in total. The lowest BCUT2D eigenvalue weighted by Gasteiger charge is -2.26. The lowest BCUT2D eigenvalue weighted by Crippen LogP contribution is -2.38. The maximum absolute atomic E-state index is 13.6. The van der Waals surface area contributed by atoms with E-state index in [9.17, 15) is 18.0 Å². The van der Waals surface area contributed by atoms with Crippen molar-refractivity contribution in [2.45, 2.75) is 12.5 Å². The van der Waals surface area contributed by atoms with Gasteiger partial charge in [0.1, 0.15) is 12.3 Å². The van der Waals surface area contributed by atoms with Crippen LogP contribution in [0, 0.1) is 17.5 Å². The molecule has 150 valence electrons.